The van der Waals surface area contributed by atoms with Crippen molar-refractivity contribution in [3.63, 3.8) is 0 Å². The third-order valence-corrected chi connectivity index (χ3v) is 4.43. The van der Waals surface area contributed by atoms with Gasteiger partial charge in [0, 0.05) is 17.8 Å². The Bertz CT molecular complexity index is 625. The van der Waals surface area contributed by atoms with E-state index in [2.05, 4.69) is 4.57 Å². The van der Waals surface area contributed by atoms with Crippen molar-refractivity contribution in [3.8, 4) is 0 Å². The predicted molar refractivity (Wildman–Crippen MR) is 59.4 cm³/mol. The molecule has 0 N–H and O–H groups in total. The molecular formula is C11H11NO2S. The van der Waals surface area contributed by atoms with Gasteiger partial charge in [-0.25, -0.2) is 8.42 Å². The third kappa shape index (κ3) is 1.36. The van der Waals surface area contributed by atoms with E-state index in [0.29, 0.717) is 6.54 Å². The Morgan fingerprint density at radius 3 is 2.87 bits per heavy atom. The smallest absolute Gasteiger partial charge is 0.157 e. The summed E-state index contributed by atoms with van der Waals surface area (Å²) < 4.78 is 25.1. The van der Waals surface area contributed by atoms with E-state index in [1.807, 2.05) is 30.3 Å². The number of benzene rings is 1. The summed E-state index contributed by atoms with van der Waals surface area (Å²) in [7, 11) is -2.86. The van der Waals surface area contributed by atoms with Crippen LogP contribution < -0.4 is 0 Å². The standard InChI is InChI=1S/C11H11NO2S/c13-15(14)6-5-12-10(8-15)7-9-3-1-2-4-11(9)12/h1-4,7H,5-6,8H2. The van der Waals surface area contributed by atoms with Crippen LogP contribution in [-0.4, -0.2) is 18.7 Å². The van der Waals surface area contributed by atoms with Gasteiger partial charge in [-0.3, -0.25) is 0 Å². The van der Waals surface area contributed by atoms with Crippen LogP contribution in [-0.2, 0) is 22.1 Å². The Morgan fingerprint density at radius 1 is 1.20 bits per heavy atom. The van der Waals surface area contributed by atoms with Gasteiger partial charge in [-0.2, -0.15) is 0 Å². The minimum atomic E-state index is -2.86. The summed E-state index contributed by atoms with van der Waals surface area (Å²) in [6.45, 7) is 0.588. The zero-order valence-corrected chi connectivity index (χ0v) is 9.00. The summed E-state index contributed by atoms with van der Waals surface area (Å²) in [5.41, 5.74) is 2.06. The Morgan fingerprint density at radius 2 is 2.00 bits per heavy atom. The van der Waals surface area contributed by atoms with Crippen molar-refractivity contribution in [2.24, 2.45) is 0 Å². The van der Waals surface area contributed by atoms with Gasteiger partial charge in [0.05, 0.1) is 11.5 Å². The van der Waals surface area contributed by atoms with E-state index in [1.54, 1.807) is 0 Å². The lowest BCUT2D eigenvalue weighted by Gasteiger charge is -2.16. The average molecular weight is 221 g/mol. The highest BCUT2D eigenvalue weighted by atomic mass is 32.2. The molecule has 1 aliphatic heterocycles. The number of hydrogen-bond acceptors (Lipinski definition) is 2. The molecule has 0 saturated heterocycles. The molecule has 0 fully saturated rings. The van der Waals surface area contributed by atoms with Gasteiger partial charge >= 0.3 is 0 Å². The van der Waals surface area contributed by atoms with E-state index in [4.69, 9.17) is 0 Å². The predicted octanol–water partition coefficient (Wildman–Crippen LogP) is 1.57. The van der Waals surface area contributed by atoms with E-state index >= 15 is 0 Å². The molecule has 1 aromatic carbocycles. The zero-order chi connectivity index (χ0) is 10.5. The highest BCUT2D eigenvalue weighted by molar-refractivity contribution is 7.90. The minimum absolute atomic E-state index is 0.182. The van der Waals surface area contributed by atoms with Crippen LogP contribution in [0.25, 0.3) is 10.9 Å². The molecule has 0 radical (unpaired) electrons. The van der Waals surface area contributed by atoms with Crippen molar-refractivity contribution in [1.82, 2.24) is 4.57 Å². The van der Waals surface area contributed by atoms with Crippen LogP contribution >= 0.6 is 0 Å². The molecule has 4 heteroatoms. The maximum atomic E-state index is 11.5. The van der Waals surface area contributed by atoms with Gasteiger partial charge in [-0.05, 0) is 17.5 Å². The van der Waals surface area contributed by atoms with Gasteiger partial charge in [-0.1, -0.05) is 18.2 Å². The first kappa shape index (κ1) is 8.97. The summed E-state index contributed by atoms with van der Waals surface area (Å²) in [6.07, 6.45) is 0. The summed E-state index contributed by atoms with van der Waals surface area (Å²) in [5, 5.41) is 1.13. The molecule has 15 heavy (non-hydrogen) atoms. The van der Waals surface area contributed by atoms with Crippen LogP contribution in [0.1, 0.15) is 5.69 Å². The van der Waals surface area contributed by atoms with E-state index in [0.717, 1.165) is 16.6 Å². The lowest BCUT2D eigenvalue weighted by molar-refractivity contribution is 0.577. The number of aromatic nitrogens is 1. The molecule has 3 nitrogen and oxygen atoms in total. The highest BCUT2D eigenvalue weighted by Gasteiger charge is 2.22. The highest BCUT2D eigenvalue weighted by Crippen LogP contribution is 2.24. The second-order valence-electron chi connectivity index (χ2n) is 3.94. The number of nitrogens with zero attached hydrogens (tertiary/aromatic N) is 1. The first-order valence-electron chi connectivity index (χ1n) is 4.93. The maximum Gasteiger partial charge on any atom is 0.157 e. The van der Waals surface area contributed by atoms with E-state index in [1.165, 1.54) is 0 Å². The average Bonchev–Trinajstić information content (AvgIpc) is 2.52. The molecule has 78 valence electrons. The number of aryl methyl sites for hydroxylation is 1. The van der Waals surface area contributed by atoms with Gasteiger partial charge in [0.1, 0.15) is 0 Å². The quantitative estimate of drug-likeness (QED) is 0.677. The number of sulfone groups is 1. The molecule has 0 bridgehead atoms. The molecule has 0 spiro atoms. The fourth-order valence-corrected chi connectivity index (χ4v) is 3.47. The van der Waals surface area contributed by atoms with Gasteiger partial charge in [-0.15, -0.1) is 0 Å². The number of hydrogen-bond donors (Lipinski definition) is 0. The van der Waals surface area contributed by atoms with Crippen LogP contribution in [0.3, 0.4) is 0 Å². The summed E-state index contributed by atoms with van der Waals surface area (Å²) in [5.74, 6) is 0.445. The molecule has 0 saturated carbocycles. The van der Waals surface area contributed by atoms with Crippen molar-refractivity contribution >= 4 is 20.7 Å². The van der Waals surface area contributed by atoms with E-state index in [-0.39, 0.29) is 11.5 Å². The minimum Gasteiger partial charge on any atom is -0.343 e. The maximum absolute atomic E-state index is 11.5. The Hall–Kier alpha value is -1.29. The van der Waals surface area contributed by atoms with Crippen LogP contribution in [0, 0.1) is 0 Å². The Labute approximate surface area is 88.2 Å². The molecule has 0 amide bonds. The molecule has 2 aromatic rings. The Kier molecular flexibility index (Phi) is 1.71. The molecule has 1 aromatic heterocycles. The molecular weight excluding hydrogens is 210 g/mol. The first-order valence-corrected chi connectivity index (χ1v) is 6.75. The second kappa shape index (κ2) is 2.85. The number of rotatable bonds is 0. The van der Waals surface area contributed by atoms with Gasteiger partial charge in [0.25, 0.3) is 0 Å². The largest absolute Gasteiger partial charge is 0.343 e. The summed E-state index contributed by atoms with van der Waals surface area (Å²) in [4.78, 5) is 0. The van der Waals surface area contributed by atoms with Crippen LogP contribution in [0.5, 0.6) is 0 Å². The third-order valence-electron chi connectivity index (χ3n) is 2.89. The number of para-hydroxylation sites is 1. The fourth-order valence-electron chi connectivity index (χ4n) is 2.18. The van der Waals surface area contributed by atoms with Crippen LogP contribution in [0.4, 0.5) is 0 Å². The van der Waals surface area contributed by atoms with Crippen molar-refractivity contribution in [1.29, 1.82) is 0 Å². The number of fused-ring (bicyclic) bond motifs is 3. The molecule has 0 aliphatic carbocycles. The normalized spacial score (nSPS) is 18.9. The van der Waals surface area contributed by atoms with Gasteiger partial charge in [0.2, 0.25) is 0 Å². The fraction of sp³-hybridized carbons (Fsp3) is 0.273. The topological polar surface area (TPSA) is 39.1 Å². The molecule has 0 atom stereocenters. The van der Waals surface area contributed by atoms with E-state index < -0.39 is 9.84 Å². The second-order valence-corrected chi connectivity index (χ2v) is 6.12. The summed E-state index contributed by atoms with van der Waals surface area (Å²) >= 11 is 0. The van der Waals surface area contributed by atoms with Crippen molar-refractivity contribution in [2.45, 2.75) is 12.3 Å². The molecule has 0 unspecified atom stereocenters. The van der Waals surface area contributed by atoms with Crippen LogP contribution in [0.15, 0.2) is 30.3 Å². The van der Waals surface area contributed by atoms with Gasteiger partial charge in [0.15, 0.2) is 9.84 Å². The van der Waals surface area contributed by atoms with Crippen molar-refractivity contribution < 1.29 is 8.42 Å². The monoisotopic (exact) mass is 221 g/mol. The first-order chi connectivity index (χ1) is 7.16. The van der Waals surface area contributed by atoms with Crippen LogP contribution in [0.2, 0.25) is 0 Å². The van der Waals surface area contributed by atoms with E-state index in [9.17, 15) is 8.42 Å². The van der Waals surface area contributed by atoms with Crippen molar-refractivity contribution in [2.75, 3.05) is 5.75 Å². The lowest BCUT2D eigenvalue weighted by Crippen LogP contribution is -2.23. The molecule has 3 rings (SSSR count). The lowest BCUT2D eigenvalue weighted by atomic mass is 10.2. The molecule has 2 heterocycles. The molecule has 1 aliphatic rings. The van der Waals surface area contributed by atoms with Gasteiger partial charge < -0.3 is 4.57 Å². The summed E-state index contributed by atoms with van der Waals surface area (Å²) in [6, 6.07) is 10.00. The SMILES string of the molecule is O=S1(=O)CCn2c(cc3ccccc32)C1. The van der Waals surface area contributed by atoms with Crippen molar-refractivity contribution in [3.05, 3.63) is 36.0 Å². The zero-order valence-electron chi connectivity index (χ0n) is 8.18. The Balaban J connectivity index is 2.29.